The number of rotatable bonds is 6. The second-order valence-electron chi connectivity index (χ2n) is 6.03. The van der Waals surface area contributed by atoms with Crippen LogP contribution in [0.3, 0.4) is 0 Å². The molecule has 0 radical (unpaired) electrons. The maximum atomic E-state index is 12.5. The van der Waals surface area contributed by atoms with E-state index in [-0.39, 0.29) is 12.3 Å². The van der Waals surface area contributed by atoms with Gasteiger partial charge in [-0.3, -0.25) is 4.79 Å². The summed E-state index contributed by atoms with van der Waals surface area (Å²) in [5.41, 5.74) is 2.85. The number of aromatic nitrogens is 1. The molecule has 0 saturated carbocycles. The minimum Gasteiger partial charge on any atom is -0.341 e. The lowest BCUT2D eigenvalue weighted by Crippen LogP contribution is -2.28. The SMILES string of the molecule is CN(Cc1cccc(Cl)c1Cl)C(=O)Cc1csc(Cc2ccccc2)n1. The molecule has 0 unspecified atom stereocenters. The molecule has 0 fully saturated rings. The van der Waals surface area contributed by atoms with Crippen molar-refractivity contribution >= 4 is 40.4 Å². The van der Waals surface area contributed by atoms with E-state index in [1.54, 1.807) is 29.4 Å². The lowest BCUT2D eigenvalue weighted by Gasteiger charge is -2.18. The minimum absolute atomic E-state index is 0.00222. The monoisotopic (exact) mass is 404 g/mol. The van der Waals surface area contributed by atoms with Crippen molar-refractivity contribution in [3.05, 3.63) is 85.8 Å². The summed E-state index contributed by atoms with van der Waals surface area (Å²) < 4.78 is 0. The third-order valence-electron chi connectivity index (χ3n) is 3.99. The van der Waals surface area contributed by atoms with Gasteiger partial charge in [0.1, 0.15) is 0 Å². The summed E-state index contributed by atoms with van der Waals surface area (Å²) in [7, 11) is 1.76. The Morgan fingerprint density at radius 2 is 1.88 bits per heavy atom. The van der Waals surface area contributed by atoms with Crippen LogP contribution in [0.15, 0.2) is 53.9 Å². The fourth-order valence-electron chi connectivity index (χ4n) is 2.59. The van der Waals surface area contributed by atoms with Crippen LogP contribution in [0.2, 0.25) is 10.0 Å². The Labute approximate surface area is 167 Å². The van der Waals surface area contributed by atoms with Gasteiger partial charge in [-0.25, -0.2) is 4.98 Å². The Bertz CT molecular complexity index is 896. The van der Waals surface area contributed by atoms with Crippen molar-refractivity contribution in [1.82, 2.24) is 9.88 Å². The van der Waals surface area contributed by atoms with Gasteiger partial charge in [0.15, 0.2) is 0 Å². The lowest BCUT2D eigenvalue weighted by molar-refractivity contribution is -0.129. The number of carbonyl (C=O) groups excluding carboxylic acids is 1. The number of nitrogens with zero attached hydrogens (tertiary/aromatic N) is 2. The van der Waals surface area contributed by atoms with E-state index in [1.165, 1.54) is 5.56 Å². The predicted molar refractivity (Wildman–Crippen MR) is 108 cm³/mol. The van der Waals surface area contributed by atoms with Crippen LogP contribution in [-0.4, -0.2) is 22.8 Å². The van der Waals surface area contributed by atoms with Crippen molar-refractivity contribution in [2.45, 2.75) is 19.4 Å². The van der Waals surface area contributed by atoms with Crippen LogP contribution >= 0.6 is 34.5 Å². The van der Waals surface area contributed by atoms with Crippen LogP contribution < -0.4 is 0 Å². The van der Waals surface area contributed by atoms with Crippen molar-refractivity contribution in [3.63, 3.8) is 0 Å². The Balaban J connectivity index is 1.60. The van der Waals surface area contributed by atoms with E-state index in [9.17, 15) is 4.79 Å². The van der Waals surface area contributed by atoms with Gasteiger partial charge in [-0.2, -0.15) is 0 Å². The molecule has 0 spiro atoms. The van der Waals surface area contributed by atoms with Gasteiger partial charge in [-0.15, -0.1) is 11.3 Å². The highest BCUT2D eigenvalue weighted by Gasteiger charge is 2.15. The first-order valence-electron chi connectivity index (χ1n) is 8.17. The number of hydrogen-bond acceptors (Lipinski definition) is 3. The van der Waals surface area contributed by atoms with E-state index in [0.717, 1.165) is 22.7 Å². The second-order valence-corrected chi connectivity index (χ2v) is 7.76. The number of hydrogen-bond donors (Lipinski definition) is 0. The van der Waals surface area contributed by atoms with Gasteiger partial charge in [0.25, 0.3) is 0 Å². The molecule has 0 N–H and O–H groups in total. The lowest BCUT2D eigenvalue weighted by atomic mass is 10.2. The van der Waals surface area contributed by atoms with Gasteiger partial charge in [-0.05, 0) is 17.2 Å². The third-order valence-corrected chi connectivity index (χ3v) is 5.75. The summed E-state index contributed by atoms with van der Waals surface area (Å²) in [4.78, 5) is 18.7. The Morgan fingerprint density at radius 1 is 1.12 bits per heavy atom. The quantitative estimate of drug-likeness (QED) is 0.562. The highest BCUT2D eigenvalue weighted by Crippen LogP contribution is 2.26. The first-order valence-corrected chi connectivity index (χ1v) is 9.80. The molecule has 26 heavy (non-hydrogen) atoms. The van der Waals surface area contributed by atoms with Crippen LogP contribution in [0.4, 0.5) is 0 Å². The number of thiazole rings is 1. The highest BCUT2D eigenvalue weighted by atomic mass is 35.5. The van der Waals surface area contributed by atoms with Crippen molar-refractivity contribution in [2.75, 3.05) is 7.05 Å². The summed E-state index contributed by atoms with van der Waals surface area (Å²) >= 11 is 13.8. The molecule has 0 saturated heterocycles. The van der Waals surface area contributed by atoms with Crippen LogP contribution in [0.1, 0.15) is 21.8 Å². The van der Waals surface area contributed by atoms with Crippen molar-refractivity contribution in [3.8, 4) is 0 Å². The number of benzene rings is 2. The maximum Gasteiger partial charge on any atom is 0.228 e. The summed E-state index contributed by atoms with van der Waals surface area (Å²) in [6.07, 6.45) is 1.06. The summed E-state index contributed by atoms with van der Waals surface area (Å²) in [5.74, 6) is -0.00222. The fraction of sp³-hybridized carbons (Fsp3) is 0.200. The summed E-state index contributed by atoms with van der Waals surface area (Å²) in [6.45, 7) is 0.416. The zero-order chi connectivity index (χ0) is 18.5. The van der Waals surface area contributed by atoms with E-state index in [4.69, 9.17) is 23.2 Å². The smallest absolute Gasteiger partial charge is 0.228 e. The largest absolute Gasteiger partial charge is 0.341 e. The molecule has 1 heterocycles. The van der Waals surface area contributed by atoms with E-state index in [1.807, 2.05) is 35.7 Å². The molecule has 134 valence electrons. The van der Waals surface area contributed by atoms with E-state index >= 15 is 0 Å². The molecule has 0 aliphatic carbocycles. The fourth-order valence-corrected chi connectivity index (χ4v) is 3.79. The van der Waals surface area contributed by atoms with Gasteiger partial charge in [0, 0.05) is 25.4 Å². The number of likely N-dealkylation sites (N-methyl/N-ethyl adjacent to an activating group) is 1. The zero-order valence-electron chi connectivity index (χ0n) is 14.3. The van der Waals surface area contributed by atoms with Gasteiger partial charge in [0.05, 0.1) is 27.2 Å². The second kappa shape index (κ2) is 8.67. The molecule has 6 heteroatoms. The van der Waals surface area contributed by atoms with E-state index in [2.05, 4.69) is 17.1 Å². The Hall–Kier alpha value is -1.88. The first kappa shape index (κ1) is 18.9. The average Bonchev–Trinajstić information content (AvgIpc) is 3.06. The standard InChI is InChI=1S/C20H18Cl2N2OS/c1-24(12-15-8-5-9-17(21)20(15)22)19(25)11-16-13-26-18(23-16)10-14-6-3-2-4-7-14/h2-9,13H,10-12H2,1H3. The molecule has 0 aliphatic rings. The molecule has 0 atom stereocenters. The zero-order valence-corrected chi connectivity index (χ0v) is 16.6. The molecule has 1 amide bonds. The van der Waals surface area contributed by atoms with Crippen molar-refractivity contribution < 1.29 is 4.79 Å². The molecule has 0 bridgehead atoms. The molecule has 3 aromatic rings. The van der Waals surface area contributed by atoms with Gasteiger partial charge in [-0.1, -0.05) is 65.7 Å². The van der Waals surface area contributed by atoms with Crippen LogP contribution in [0.5, 0.6) is 0 Å². The number of halogens is 2. The van der Waals surface area contributed by atoms with Crippen molar-refractivity contribution in [2.24, 2.45) is 0 Å². The Kier molecular flexibility index (Phi) is 6.30. The molecule has 2 aromatic carbocycles. The van der Waals surface area contributed by atoms with E-state index < -0.39 is 0 Å². The third kappa shape index (κ3) is 4.85. The first-order chi connectivity index (χ1) is 12.5. The van der Waals surface area contributed by atoms with E-state index in [0.29, 0.717) is 16.6 Å². The predicted octanol–water partition coefficient (Wildman–Crippen LogP) is 5.24. The summed E-state index contributed by atoms with van der Waals surface area (Å²) in [5, 5.41) is 3.96. The number of carbonyl (C=O) groups is 1. The van der Waals surface area contributed by atoms with Crippen molar-refractivity contribution in [1.29, 1.82) is 0 Å². The van der Waals surface area contributed by atoms with Crippen LogP contribution in [0, 0.1) is 0 Å². The molecular formula is C20H18Cl2N2OS. The minimum atomic E-state index is -0.00222. The molecule has 3 nitrogen and oxygen atoms in total. The van der Waals surface area contributed by atoms with Gasteiger partial charge >= 0.3 is 0 Å². The molecule has 0 aliphatic heterocycles. The summed E-state index contributed by atoms with van der Waals surface area (Å²) in [6, 6.07) is 15.6. The van der Waals surface area contributed by atoms with Crippen LogP contribution in [0.25, 0.3) is 0 Å². The van der Waals surface area contributed by atoms with Crippen LogP contribution in [-0.2, 0) is 24.2 Å². The topological polar surface area (TPSA) is 33.2 Å². The normalized spacial score (nSPS) is 10.7. The molecule has 3 rings (SSSR count). The Morgan fingerprint density at radius 3 is 2.65 bits per heavy atom. The molecular weight excluding hydrogens is 387 g/mol. The average molecular weight is 405 g/mol. The van der Waals surface area contributed by atoms with Gasteiger partial charge < -0.3 is 4.90 Å². The van der Waals surface area contributed by atoms with Gasteiger partial charge in [0.2, 0.25) is 5.91 Å². The number of amides is 1. The maximum absolute atomic E-state index is 12.5. The highest BCUT2D eigenvalue weighted by molar-refractivity contribution is 7.09. The molecule has 1 aromatic heterocycles.